The van der Waals surface area contributed by atoms with Gasteiger partial charge in [-0.2, -0.15) is 4.39 Å². The molecule has 0 fully saturated rings. The van der Waals surface area contributed by atoms with Crippen LogP contribution < -0.4 is 10.5 Å². The third kappa shape index (κ3) is 3.36. The minimum absolute atomic E-state index is 0.0198. The van der Waals surface area contributed by atoms with Crippen LogP contribution in [0.1, 0.15) is 5.56 Å². The second kappa shape index (κ2) is 5.75. The lowest BCUT2D eigenvalue weighted by Gasteiger charge is -2.10. The van der Waals surface area contributed by atoms with Gasteiger partial charge < -0.3 is 10.5 Å². The molecule has 0 saturated heterocycles. The molecule has 0 aliphatic carbocycles. The van der Waals surface area contributed by atoms with E-state index in [-0.39, 0.29) is 12.4 Å². The molecule has 0 aliphatic rings. The molecular formula is C13H9BrClF2NO. The van der Waals surface area contributed by atoms with Crippen molar-refractivity contribution in [1.82, 2.24) is 0 Å². The quantitative estimate of drug-likeness (QED) is 0.653. The van der Waals surface area contributed by atoms with Crippen molar-refractivity contribution < 1.29 is 13.5 Å². The van der Waals surface area contributed by atoms with E-state index in [4.69, 9.17) is 22.1 Å². The molecule has 0 amide bonds. The van der Waals surface area contributed by atoms with Crippen LogP contribution in [0.2, 0.25) is 5.02 Å². The van der Waals surface area contributed by atoms with Crippen LogP contribution in [-0.2, 0) is 6.61 Å². The minimum atomic E-state index is -1.03. The Bertz CT molecular complexity index is 622. The number of hydrogen-bond acceptors (Lipinski definition) is 2. The summed E-state index contributed by atoms with van der Waals surface area (Å²) in [4.78, 5) is 0. The molecule has 0 unspecified atom stereocenters. The summed E-state index contributed by atoms with van der Waals surface area (Å²) in [6.07, 6.45) is 0. The zero-order valence-electron chi connectivity index (χ0n) is 9.59. The molecule has 0 bridgehead atoms. The van der Waals surface area contributed by atoms with Crippen molar-refractivity contribution in [3.8, 4) is 5.75 Å². The van der Waals surface area contributed by atoms with Gasteiger partial charge in [0.1, 0.15) is 6.61 Å². The van der Waals surface area contributed by atoms with E-state index >= 15 is 0 Å². The Labute approximate surface area is 122 Å². The summed E-state index contributed by atoms with van der Waals surface area (Å²) < 4.78 is 32.3. The van der Waals surface area contributed by atoms with Gasteiger partial charge in [-0.15, -0.1) is 0 Å². The lowest BCUT2D eigenvalue weighted by atomic mass is 10.2. The molecular weight excluding hydrogens is 340 g/mol. The maximum atomic E-state index is 13.5. The van der Waals surface area contributed by atoms with E-state index in [1.54, 1.807) is 18.2 Å². The van der Waals surface area contributed by atoms with Gasteiger partial charge in [-0.05, 0) is 24.3 Å². The summed E-state index contributed by atoms with van der Waals surface area (Å²) in [6, 6.07) is 7.27. The highest BCUT2D eigenvalue weighted by atomic mass is 79.9. The van der Waals surface area contributed by atoms with Crippen molar-refractivity contribution in [1.29, 1.82) is 0 Å². The van der Waals surface area contributed by atoms with E-state index in [1.807, 2.05) is 0 Å². The Morgan fingerprint density at radius 3 is 2.63 bits per heavy atom. The van der Waals surface area contributed by atoms with E-state index in [9.17, 15) is 8.78 Å². The Hall–Kier alpha value is -1.33. The second-order valence-electron chi connectivity index (χ2n) is 3.84. The third-order valence-electron chi connectivity index (χ3n) is 2.42. The standard InChI is InChI=1S/C13H9BrClF2NO/c14-8-3-11(16)13(17)12(4-8)19-6-7-1-2-9(18)5-10(7)15/h1-5H,6,18H2. The summed E-state index contributed by atoms with van der Waals surface area (Å²) in [6.45, 7) is 0.0198. The molecule has 0 aliphatic heterocycles. The van der Waals surface area contributed by atoms with Crippen LogP contribution in [0.25, 0.3) is 0 Å². The lowest BCUT2D eigenvalue weighted by molar-refractivity contribution is 0.284. The summed E-state index contributed by atoms with van der Waals surface area (Å²) in [5, 5.41) is 0.413. The van der Waals surface area contributed by atoms with Gasteiger partial charge in [0.05, 0.1) is 0 Å². The second-order valence-corrected chi connectivity index (χ2v) is 5.16. The highest BCUT2D eigenvalue weighted by Gasteiger charge is 2.12. The highest BCUT2D eigenvalue weighted by molar-refractivity contribution is 9.10. The minimum Gasteiger partial charge on any atom is -0.486 e. The molecule has 19 heavy (non-hydrogen) atoms. The van der Waals surface area contributed by atoms with Gasteiger partial charge >= 0.3 is 0 Å². The summed E-state index contributed by atoms with van der Waals surface area (Å²) in [5.74, 6) is -2.19. The van der Waals surface area contributed by atoms with E-state index in [2.05, 4.69) is 15.9 Å². The van der Waals surface area contributed by atoms with Crippen molar-refractivity contribution in [2.24, 2.45) is 0 Å². The topological polar surface area (TPSA) is 35.2 Å². The van der Waals surface area contributed by atoms with Crippen molar-refractivity contribution in [2.75, 3.05) is 5.73 Å². The molecule has 2 rings (SSSR count). The van der Waals surface area contributed by atoms with Crippen LogP contribution in [-0.4, -0.2) is 0 Å². The number of anilines is 1. The first-order valence-electron chi connectivity index (χ1n) is 5.28. The van der Waals surface area contributed by atoms with Crippen molar-refractivity contribution >= 4 is 33.2 Å². The zero-order chi connectivity index (χ0) is 14.0. The van der Waals surface area contributed by atoms with Gasteiger partial charge in [0.15, 0.2) is 11.6 Å². The molecule has 6 heteroatoms. The lowest BCUT2D eigenvalue weighted by Crippen LogP contribution is -2.00. The molecule has 0 spiro atoms. The normalized spacial score (nSPS) is 10.5. The average molecular weight is 349 g/mol. The number of nitrogen functional groups attached to an aromatic ring is 1. The van der Waals surface area contributed by atoms with E-state index in [0.717, 1.165) is 6.07 Å². The van der Waals surface area contributed by atoms with Crippen LogP contribution >= 0.6 is 27.5 Å². The van der Waals surface area contributed by atoms with Crippen molar-refractivity contribution in [3.63, 3.8) is 0 Å². The molecule has 2 aromatic rings. The third-order valence-corrected chi connectivity index (χ3v) is 3.23. The SMILES string of the molecule is Nc1ccc(COc2cc(Br)cc(F)c2F)c(Cl)c1. The van der Waals surface area contributed by atoms with Crippen LogP contribution in [0.15, 0.2) is 34.8 Å². The molecule has 2 aromatic carbocycles. The number of benzene rings is 2. The van der Waals surface area contributed by atoms with E-state index < -0.39 is 11.6 Å². The largest absolute Gasteiger partial charge is 0.486 e. The Kier molecular flexibility index (Phi) is 4.27. The molecule has 2 N–H and O–H groups in total. The number of ether oxygens (including phenoxy) is 1. The first-order valence-corrected chi connectivity index (χ1v) is 6.45. The smallest absolute Gasteiger partial charge is 0.200 e. The number of halogens is 4. The van der Waals surface area contributed by atoms with Crippen LogP contribution in [0.5, 0.6) is 5.75 Å². The van der Waals surface area contributed by atoms with Gasteiger partial charge in [0.25, 0.3) is 0 Å². The number of hydrogen-bond donors (Lipinski definition) is 1. The van der Waals surface area contributed by atoms with Gasteiger partial charge in [0.2, 0.25) is 5.82 Å². The van der Waals surface area contributed by atoms with Gasteiger partial charge in [-0.3, -0.25) is 0 Å². The van der Waals surface area contributed by atoms with Crippen molar-refractivity contribution in [2.45, 2.75) is 6.61 Å². The molecule has 0 radical (unpaired) electrons. The van der Waals surface area contributed by atoms with Crippen molar-refractivity contribution in [3.05, 3.63) is 57.0 Å². The fraction of sp³-hybridized carbons (Fsp3) is 0.0769. The van der Waals surface area contributed by atoms with E-state index in [1.165, 1.54) is 6.07 Å². The fourth-order valence-corrected chi connectivity index (χ4v) is 2.13. The van der Waals surface area contributed by atoms with Gasteiger partial charge in [-0.1, -0.05) is 33.6 Å². The predicted molar refractivity (Wildman–Crippen MR) is 74.3 cm³/mol. The molecule has 0 saturated carbocycles. The summed E-state index contributed by atoms with van der Waals surface area (Å²) >= 11 is 9.03. The van der Waals surface area contributed by atoms with Crippen LogP contribution in [0.3, 0.4) is 0 Å². The summed E-state index contributed by atoms with van der Waals surface area (Å²) in [7, 11) is 0. The Morgan fingerprint density at radius 2 is 1.95 bits per heavy atom. The molecule has 2 nitrogen and oxygen atoms in total. The van der Waals surface area contributed by atoms with E-state index in [0.29, 0.717) is 20.7 Å². The first kappa shape index (κ1) is 14.1. The average Bonchev–Trinajstić information content (AvgIpc) is 2.33. The molecule has 0 aromatic heterocycles. The maximum absolute atomic E-state index is 13.5. The number of rotatable bonds is 3. The van der Waals surface area contributed by atoms with Gasteiger partial charge in [-0.25, -0.2) is 4.39 Å². The zero-order valence-corrected chi connectivity index (χ0v) is 11.9. The number of nitrogens with two attached hydrogens (primary N) is 1. The molecule has 0 atom stereocenters. The van der Waals surface area contributed by atoms with Crippen LogP contribution in [0.4, 0.5) is 14.5 Å². The first-order chi connectivity index (χ1) is 8.97. The van der Waals surface area contributed by atoms with Crippen LogP contribution in [0, 0.1) is 11.6 Å². The highest BCUT2D eigenvalue weighted by Crippen LogP contribution is 2.27. The van der Waals surface area contributed by atoms with Gasteiger partial charge in [0, 0.05) is 20.7 Å². The molecule has 100 valence electrons. The predicted octanol–water partition coefficient (Wildman–Crippen LogP) is 4.54. The Balaban J connectivity index is 2.19. The molecule has 0 heterocycles. The Morgan fingerprint density at radius 1 is 1.21 bits per heavy atom. The monoisotopic (exact) mass is 347 g/mol. The summed E-state index contributed by atoms with van der Waals surface area (Å²) in [5.41, 5.74) is 6.71. The fourth-order valence-electron chi connectivity index (χ4n) is 1.47. The maximum Gasteiger partial charge on any atom is 0.200 e.